The molecule has 0 spiro atoms. The number of carbonyl (C=O) groups excluding carboxylic acids is 1. The second kappa shape index (κ2) is 7.23. The Morgan fingerprint density at radius 3 is 2.63 bits per heavy atom. The molecule has 1 amide bonds. The molecule has 2 aliphatic heterocycles. The van der Waals surface area contributed by atoms with Gasteiger partial charge in [-0.25, -0.2) is 8.42 Å². The summed E-state index contributed by atoms with van der Waals surface area (Å²) < 4.78 is 36.0. The number of sulfone groups is 1. The third-order valence-electron chi connectivity index (χ3n) is 5.06. The van der Waals surface area contributed by atoms with Crippen LogP contribution in [0.5, 0.6) is 11.5 Å². The molecule has 6 nitrogen and oxygen atoms in total. The zero-order chi connectivity index (χ0) is 18.9. The van der Waals surface area contributed by atoms with Crippen molar-refractivity contribution in [2.75, 3.05) is 25.6 Å². The average Bonchev–Trinajstić information content (AvgIpc) is 3.06. The molecule has 27 heavy (non-hydrogen) atoms. The molecule has 0 saturated carbocycles. The Balaban J connectivity index is 1.46. The molecule has 0 bridgehead atoms. The average molecular weight is 387 g/mol. The molecule has 1 atom stereocenters. The SMILES string of the molecule is O=C(Cc1ccc2c(c1)OCO2)N1CC[C@H](c2ccccc2)S(=O)(=O)CC1. The Morgan fingerprint density at radius 2 is 1.81 bits per heavy atom. The van der Waals surface area contributed by atoms with Crippen molar-refractivity contribution >= 4 is 15.7 Å². The Labute approximate surface area is 158 Å². The fourth-order valence-corrected chi connectivity index (χ4v) is 5.37. The van der Waals surface area contributed by atoms with Gasteiger partial charge in [0, 0.05) is 13.1 Å². The molecule has 2 heterocycles. The van der Waals surface area contributed by atoms with E-state index in [-0.39, 0.29) is 31.4 Å². The molecule has 1 fully saturated rings. The zero-order valence-corrected chi connectivity index (χ0v) is 15.7. The molecule has 0 unspecified atom stereocenters. The first-order valence-corrected chi connectivity index (χ1v) is 10.7. The van der Waals surface area contributed by atoms with Crippen LogP contribution in [0.25, 0.3) is 0 Å². The van der Waals surface area contributed by atoms with Crippen LogP contribution in [0, 0.1) is 0 Å². The van der Waals surface area contributed by atoms with Gasteiger partial charge < -0.3 is 14.4 Å². The lowest BCUT2D eigenvalue weighted by Crippen LogP contribution is -2.34. The van der Waals surface area contributed by atoms with Crippen molar-refractivity contribution in [3.8, 4) is 11.5 Å². The van der Waals surface area contributed by atoms with Crippen LogP contribution in [-0.2, 0) is 21.1 Å². The zero-order valence-electron chi connectivity index (χ0n) is 14.8. The number of hydrogen-bond donors (Lipinski definition) is 0. The maximum absolute atomic E-state index is 12.7. The van der Waals surface area contributed by atoms with E-state index in [4.69, 9.17) is 9.47 Å². The van der Waals surface area contributed by atoms with Crippen molar-refractivity contribution in [1.82, 2.24) is 4.90 Å². The van der Waals surface area contributed by atoms with E-state index in [9.17, 15) is 13.2 Å². The van der Waals surface area contributed by atoms with Gasteiger partial charge in [0.05, 0.1) is 17.4 Å². The molecule has 0 aliphatic carbocycles. The fraction of sp³-hybridized carbons (Fsp3) is 0.350. The minimum Gasteiger partial charge on any atom is -0.454 e. The molecule has 0 N–H and O–H groups in total. The quantitative estimate of drug-likeness (QED) is 0.808. The highest BCUT2D eigenvalue weighted by Gasteiger charge is 2.32. The fourth-order valence-electron chi connectivity index (χ4n) is 3.57. The summed E-state index contributed by atoms with van der Waals surface area (Å²) in [5, 5.41) is -0.554. The molecule has 0 aromatic heterocycles. The van der Waals surface area contributed by atoms with Crippen LogP contribution in [0.2, 0.25) is 0 Å². The molecule has 2 aromatic carbocycles. The van der Waals surface area contributed by atoms with Gasteiger partial charge in [0.1, 0.15) is 0 Å². The number of hydrogen-bond acceptors (Lipinski definition) is 5. The third-order valence-corrected chi connectivity index (χ3v) is 7.18. The van der Waals surface area contributed by atoms with E-state index in [2.05, 4.69) is 0 Å². The number of amides is 1. The summed E-state index contributed by atoms with van der Waals surface area (Å²) in [5.41, 5.74) is 1.62. The third kappa shape index (κ3) is 3.78. The van der Waals surface area contributed by atoms with Gasteiger partial charge in [-0.15, -0.1) is 0 Å². The number of rotatable bonds is 3. The first-order valence-electron chi connectivity index (χ1n) is 8.96. The molecule has 0 radical (unpaired) electrons. The van der Waals surface area contributed by atoms with Gasteiger partial charge >= 0.3 is 0 Å². The Morgan fingerprint density at radius 1 is 1.04 bits per heavy atom. The molecular weight excluding hydrogens is 366 g/mol. The second-order valence-corrected chi connectivity index (χ2v) is 9.10. The first kappa shape index (κ1) is 17.9. The molecule has 2 aliphatic rings. The predicted octanol–water partition coefficient (Wildman–Crippen LogP) is 2.35. The highest BCUT2D eigenvalue weighted by molar-refractivity contribution is 7.91. The smallest absolute Gasteiger partial charge is 0.231 e. The van der Waals surface area contributed by atoms with E-state index in [0.29, 0.717) is 24.5 Å². The monoisotopic (exact) mass is 387 g/mol. The largest absolute Gasteiger partial charge is 0.454 e. The number of nitrogens with zero attached hydrogens (tertiary/aromatic N) is 1. The predicted molar refractivity (Wildman–Crippen MR) is 100 cm³/mol. The molecule has 4 rings (SSSR count). The van der Waals surface area contributed by atoms with Crippen molar-refractivity contribution in [3.63, 3.8) is 0 Å². The lowest BCUT2D eigenvalue weighted by molar-refractivity contribution is -0.130. The van der Waals surface area contributed by atoms with Crippen molar-refractivity contribution in [2.24, 2.45) is 0 Å². The lowest BCUT2D eigenvalue weighted by atomic mass is 10.1. The van der Waals surface area contributed by atoms with Crippen LogP contribution in [0.15, 0.2) is 48.5 Å². The Bertz CT molecular complexity index is 942. The van der Waals surface area contributed by atoms with Crippen LogP contribution in [0.3, 0.4) is 0 Å². The van der Waals surface area contributed by atoms with Crippen molar-refractivity contribution in [2.45, 2.75) is 18.1 Å². The first-order chi connectivity index (χ1) is 13.0. The minimum absolute atomic E-state index is 0.0144. The van der Waals surface area contributed by atoms with Crippen LogP contribution in [0.4, 0.5) is 0 Å². The van der Waals surface area contributed by atoms with E-state index in [1.807, 2.05) is 42.5 Å². The molecule has 2 aromatic rings. The lowest BCUT2D eigenvalue weighted by Gasteiger charge is -2.20. The Hall–Kier alpha value is -2.54. The highest BCUT2D eigenvalue weighted by Crippen LogP contribution is 2.33. The minimum atomic E-state index is -3.29. The van der Waals surface area contributed by atoms with E-state index >= 15 is 0 Å². The summed E-state index contributed by atoms with van der Waals surface area (Å²) in [6.45, 7) is 0.856. The Kier molecular flexibility index (Phi) is 4.78. The number of fused-ring (bicyclic) bond motifs is 1. The topological polar surface area (TPSA) is 72.9 Å². The number of carbonyl (C=O) groups is 1. The maximum Gasteiger partial charge on any atom is 0.231 e. The van der Waals surface area contributed by atoms with Gasteiger partial charge in [0.15, 0.2) is 21.3 Å². The van der Waals surface area contributed by atoms with Crippen LogP contribution < -0.4 is 9.47 Å². The van der Waals surface area contributed by atoms with Crippen molar-refractivity contribution in [3.05, 3.63) is 59.7 Å². The van der Waals surface area contributed by atoms with Crippen LogP contribution in [-0.4, -0.2) is 44.9 Å². The van der Waals surface area contributed by atoms with Crippen LogP contribution in [0.1, 0.15) is 22.8 Å². The van der Waals surface area contributed by atoms with Gasteiger partial charge in [-0.3, -0.25) is 4.79 Å². The summed E-state index contributed by atoms with van der Waals surface area (Å²) >= 11 is 0. The van der Waals surface area contributed by atoms with E-state index in [0.717, 1.165) is 11.1 Å². The maximum atomic E-state index is 12.7. The molecule has 142 valence electrons. The number of ether oxygens (including phenoxy) is 2. The molecule has 1 saturated heterocycles. The van der Waals surface area contributed by atoms with Gasteiger partial charge in [-0.2, -0.15) is 0 Å². The standard InChI is InChI=1S/C20H21NO5S/c22-20(13-15-6-7-17-18(12-15)26-14-25-17)21-9-8-19(27(23,24)11-10-21)16-4-2-1-3-5-16/h1-7,12,19H,8-11,13-14H2/t19-/m1/s1. The van der Waals surface area contributed by atoms with Gasteiger partial charge in [-0.1, -0.05) is 36.4 Å². The summed E-state index contributed by atoms with van der Waals surface area (Å²) in [6, 6.07) is 14.7. The van der Waals surface area contributed by atoms with E-state index < -0.39 is 15.1 Å². The summed E-state index contributed by atoms with van der Waals surface area (Å²) in [5.74, 6) is 1.23. The summed E-state index contributed by atoms with van der Waals surface area (Å²) in [7, 11) is -3.29. The molecule has 7 heteroatoms. The second-order valence-electron chi connectivity index (χ2n) is 6.80. The van der Waals surface area contributed by atoms with Crippen molar-refractivity contribution in [1.29, 1.82) is 0 Å². The molecular formula is C20H21NO5S. The summed E-state index contributed by atoms with van der Waals surface area (Å²) in [6.07, 6.45) is 0.631. The highest BCUT2D eigenvalue weighted by atomic mass is 32.2. The van der Waals surface area contributed by atoms with Gasteiger partial charge in [0.2, 0.25) is 12.7 Å². The summed E-state index contributed by atoms with van der Waals surface area (Å²) in [4.78, 5) is 14.4. The normalized spacial score (nSPS) is 20.9. The van der Waals surface area contributed by atoms with Crippen molar-refractivity contribution < 1.29 is 22.7 Å². The number of benzene rings is 2. The van der Waals surface area contributed by atoms with E-state index in [1.165, 1.54) is 0 Å². The van der Waals surface area contributed by atoms with Gasteiger partial charge in [0.25, 0.3) is 0 Å². The van der Waals surface area contributed by atoms with E-state index in [1.54, 1.807) is 11.0 Å². The van der Waals surface area contributed by atoms with Gasteiger partial charge in [-0.05, 0) is 29.7 Å². The van der Waals surface area contributed by atoms with Crippen LogP contribution >= 0.6 is 0 Å².